The van der Waals surface area contributed by atoms with Crippen molar-refractivity contribution in [3.05, 3.63) is 47.4 Å². The van der Waals surface area contributed by atoms with E-state index < -0.39 is 0 Å². The standard InChI is InChI=1S/C17H19FN6S/c18-15-6-2-1-5-14(15)16-11-25-17(20-16)23-7-3-4-13(10-23)24-9-12(8-19)21-22-24/h1-2,5-6,9,11,13H,3-4,7-8,10,19H2. The maximum absolute atomic E-state index is 14.0. The Labute approximate surface area is 149 Å². The van der Waals surface area contributed by atoms with Crippen LogP contribution in [0.25, 0.3) is 11.3 Å². The average molecular weight is 358 g/mol. The van der Waals surface area contributed by atoms with Gasteiger partial charge in [0.15, 0.2) is 5.13 Å². The Hall–Kier alpha value is -2.32. The van der Waals surface area contributed by atoms with Gasteiger partial charge in [0, 0.05) is 30.6 Å². The Morgan fingerprint density at radius 2 is 2.20 bits per heavy atom. The second-order valence-electron chi connectivity index (χ2n) is 6.13. The Morgan fingerprint density at radius 1 is 1.32 bits per heavy atom. The van der Waals surface area contributed by atoms with E-state index in [9.17, 15) is 4.39 Å². The maximum Gasteiger partial charge on any atom is 0.185 e. The van der Waals surface area contributed by atoms with Crippen LogP contribution in [0.4, 0.5) is 9.52 Å². The molecule has 0 saturated carbocycles. The van der Waals surface area contributed by atoms with Crippen molar-refractivity contribution in [2.24, 2.45) is 5.73 Å². The van der Waals surface area contributed by atoms with Crippen molar-refractivity contribution in [3.63, 3.8) is 0 Å². The molecule has 0 aliphatic carbocycles. The molecule has 0 radical (unpaired) electrons. The van der Waals surface area contributed by atoms with Crippen molar-refractivity contribution in [2.45, 2.75) is 25.4 Å². The van der Waals surface area contributed by atoms with E-state index in [4.69, 9.17) is 5.73 Å². The van der Waals surface area contributed by atoms with Crippen LogP contribution in [0.2, 0.25) is 0 Å². The molecule has 1 atom stereocenters. The number of aromatic nitrogens is 4. The number of benzene rings is 1. The molecule has 130 valence electrons. The minimum absolute atomic E-state index is 0.243. The second kappa shape index (κ2) is 6.89. The summed E-state index contributed by atoms with van der Waals surface area (Å²) in [4.78, 5) is 6.90. The highest BCUT2D eigenvalue weighted by Crippen LogP contribution is 2.32. The number of piperidine rings is 1. The molecular weight excluding hydrogens is 339 g/mol. The van der Waals surface area contributed by atoms with Crippen LogP contribution >= 0.6 is 11.3 Å². The van der Waals surface area contributed by atoms with Crippen molar-refractivity contribution >= 4 is 16.5 Å². The Kier molecular flexibility index (Phi) is 4.46. The van der Waals surface area contributed by atoms with Crippen molar-refractivity contribution in [1.29, 1.82) is 0 Å². The molecule has 4 rings (SSSR count). The molecule has 0 spiro atoms. The lowest BCUT2D eigenvalue weighted by Crippen LogP contribution is -2.36. The van der Waals surface area contributed by atoms with E-state index in [1.165, 1.54) is 6.07 Å². The van der Waals surface area contributed by atoms with Crippen molar-refractivity contribution in [2.75, 3.05) is 18.0 Å². The normalized spacial score (nSPS) is 17.8. The number of hydrogen-bond donors (Lipinski definition) is 1. The topological polar surface area (TPSA) is 72.9 Å². The largest absolute Gasteiger partial charge is 0.346 e. The SMILES string of the molecule is NCc1cn(C2CCCN(c3nc(-c4ccccc4F)cs3)C2)nn1. The van der Waals surface area contributed by atoms with Gasteiger partial charge in [-0.1, -0.05) is 17.3 Å². The fourth-order valence-electron chi connectivity index (χ4n) is 3.13. The molecule has 1 aliphatic heterocycles. The van der Waals surface area contributed by atoms with Gasteiger partial charge in [-0.05, 0) is 25.0 Å². The number of nitrogens with two attached hydrogens (primary N) is 1. The van der Waals surface area contributed by atoms with E-state index in [-0.39, 0.29) is 11.9 Å². The molecule has 2 aromatic heterocycles. The van der Waals surface area contributed by atoms with Gasteiger partial charge in [0.05, 0.1) is 23.6 Å². The van der Waals surface area contributed by atoms with Gasteiger partial charge in [-0.15, -0.1) is 16.4 Å². The van der Waals surface area contributed by atoms with E-state index in [0.717, 1.165) is 36.8 Å². The fraction of sp³-hybridized carbons (Fsp3) is 0.353. The first-order valence-corrected chi connectivity index (χ1v) is 9.18. The molecular formula is C17H19FN6S. The molecule has 1 aliphatic rings. The first-order chi connectivity index (χ1) is 12.2. The molecule has 1 saturated heterocycles. The third kappa shape index (κ3) is 3.27. The summed E-state index contributed by atoms with van der Waals surface area (Å²) >= 11 is 1.55. The zero-order valence-electron chi connectivity index (χ0n) is 13.7. The lowest BCUT2D eigenvalue weighted by atomic mass is 10.1. The average Bonchev–Trinajstić information content (AvgIpc) is 3.32. The zero-order valence-corrected chi connectivity index (χ0v) is 14.5. The number of thiazole rings is 1. The highest BCUT2D eigenvalue weighted by molar-refractivity contribution is 7.14. The van der Waals surface area contributed by atoms with E-state index in [0.29, 0.717) is 17.8 Å². The van der Waals surface area contributed by atoms with Gasteiger partial charge in [-0.2, -0.15) is 0 Å². The van der Waals surface area contributed by atoms with Gasteiger partial charge < -0.3 is 10.6 Å². The van der Waals surface area contributed by atoms with Gasteiger partial charge in [0.2, 0.25) is 0 Å². The number of nitrogens with zero attached hydrogens (tertiary/aromatic N) is 5. The predicted octanol–water partition coefficient (Wildman–Crippen LogP) is 2.84. The number of anilines is 1. The van der Waals surface area contributed by atoms with E-state index in [1.54, 1.807) is 23.5 Å². The lowest BCUT2D eigenvalue weighted by molar-refractivity contribution is 0.369. The van der Waals surface area contributed by atoms with Crippen LogP contribution < -0.4 is 10.6 Å². The van der Waals surface area contributed by atoms with Crippen LogP contribution in [0.5, 0.6) is 0 Å². The monoisotopic (exact) mass is 358 g/mol. The molecule has 6 nitrogen and oxygen atoms in total. The first kappa shape index (κ1) is 16.2. The molecule has 3 aromatic rings. The summed E-state index contributed by atoms with van der Waals surface area (Å²) in [5.74, 6) is -0.243. The van der Waals surface area contributed by atoms with E-state index in [1.807, 2.05) is 22.3 Å². The third-order valence-corrected chi connectivity index (χ3v) is 5.35. The lowest BCUT2D eigenvalue weighted by Gasteiger charge is -2.32. The summed E-state index contributed by atoms with van der Waals surface area (Å²) in [5.41, 5.74) is 7.65. The van der Waals surface area contributed by atoms with Crippen molar-refractivity contribution in [1.82, 2.24) is 20.0 Å². The van der Waals surface area contributed by atoms with Crippen LogP contribution in [0, 0.1) is 5.82 Å². The summed E-state index contributed by atoms with van der Waals surface area (Å²) in [7, 11) is 0. The first-order valence-electron chi connectivity index (χ1n) is 8.31. The quantitative estimate of drug-likeness (QED) is 0.776. The summed E-state index contributed by atoms with van der Waals surface area (Å²) in [6, 6.07) is 6.99. The van der Waals surface area contributed by atoms with Crippen LogP contribution in [0.3, 0.4) is 0 Å². The van der Waals surface area contributed by atoms with Crippen LogP contribution in [0.1, 0.15) is 24.6 Å². The van der Waals surface area contributed by atoms with Gasteiger partial charge in [-0.25, -0.2) is 14.1 Å². The predicted molar refractivity (Wildman–Crippen MR) is 95.9 cm³/mol. The second-order valence-corrected chi connectivity index (χ2v) is 6.97. The van der Waals surface area contributed by atoms with Crippen molar-refractivity contribution in [3.8, 4) is 11.3 Å². The zero-order chi connectivity index (χ0) is 17.2. The molecule has 3 heterocycles. The van der Waals surface area contributed by atoms with Gasteiger partial charge in [0.1, 0.15) is 5.82 Å². The van der Waals surface area contributed by atoms with Crippen molar-refractivity contribution < 1.29 is 4.39 Å². The fourth-order valence-corrected chi connectivity index (χ4v) is 3.99. The van der Waals surface area contributed by atoms with Crippen LogP contribution in [-0.2, 0) is 6.54 Å². The van der Waals surface area contributed by atoms with Gasteiger partial charge in [0.25, 0.3) is 0 Å². The molecule has 1 fully saturated rings. The minimum atomic E-state index is -0.243. The van der Waals surface area contributed by atoms with Crippen LogP contribution in [0.15, 0.2) is 35.8 Å². The molecule has 1 unspecified atom stereocenters. The molecule has 0 amide bonds. The van der Waals surface area contributed by atoms with E-state index in [2.05, 4.69) is 20.2 Å². The third-order valence-electron chi connectivity index (χ3n) is 4.45. The molecule has 1 aromatic carbocycles. The number of halogens is 1. The van der Waals surface area contributed by atoms with Gasteiger partial charge >= 0.3 is 0 Å². The minimum Gasteiger partial charge on any atom is -0.346 e. The molecule has 25 heavy (non-hydrogen) atoms. The summed E-state index contributed by atoms with van der Waals surface area (Å²) < 4.78 is 15.9. The highest BCUT2D eigenvalue weighted by Gasteiger charge is 2.24. The summed E-state index contributed by atoms with van der Waals surface area (Å²) in [5, 5.41) is 11.1. The highest BCUT2D eigenvalue weighted by atomic mass is 32.1. The molecule has 2 N–H and O–H groups in total. The Bertz CT molecular complexity index is 860. The van der Waals surface area contributed by atoms with Crippen LogP contribution in [-0.4, -0.2) is 33.1 Å². The molecule has 0 bridgehead atoms. The Morgan fingerprint density at radius 3 is 3.00 bits per heavy atom. The number of rotatable bonds is 4. The molecule has 8 heteroatoms. The summed E-state index contributed by atoms with van der Waals surface area (Å²) in [6.07, 6.45) is 4.02. The maximum atomic E-state index is 14.0. The smallest absolute Gasteiger partial charge is 0.185 e. The van der Waals surface area contributed by atoms with E-state index >= 15 is 0 Å². The Balaban J connectivity index is 1.53. The van der Waals surface area contributed by atoms with Gasteiger partial charge in [-0.3, -0.25) is 0 Å². The number of hydrogen-bond acceptors (Lipinski definition) is 6. The summed E-state index contributed by atoms with van der Waals surface area (Å²) in [6.45, 7) is 2.16.